The van der Waals surface area contributed by atoms with E-state index in [9.17, 15) is 0 Å². The molecule has 1 rings (SSSR count). The summed E-state index contributed by atoms with van der Waals surface area (Å²) in [6, 6.07) is 5.68. The minimum atomic E-state index is -0.510. The van der Waals surface area contributed by atoms with E-state index in [1.807, 2.05) is 32.0 Å². The van der Waals surface area contributed by atoms with Crippen LogP contribution in [0.2, 0.25) is 5.02 Å². The predicted molar refractivity (Wildman–Crippen MR) is 59.4 cm³/mol. The lowest BCUT2D eigenvalue weighted by molar-refractivity contribution is 0.247. The van der Waals surface area contributed by atoms with Crippen molar-refractivity contribution in [3.8, 4) is 0 Å². The van der Waals surface area contributed by atoms with Gasteiger partial charge in [0.1, 0.15) is 0 Å². The molecule has 1 aromatic rings. The Hall–Kier alpha value is -0.570. The second-order valence-electron chi connectivity index (χ2n) is 3.80. The van der Waals surface area contributed by atoms with Gasteiger partial charge in [-0.3, -0.25) is 0 Å². The van der Waals surface area contributed by atoms with Crippen LogP contribution < -0.4 is 5.73 Å². The maximum Gasteiger partial charge on any atom is 0.0451 e. The fraction of sp³-hybridized carbons (Fsp3) is 0.455. The van der Waals surface area contributed by atoms with Crippen molar-refractivity contribution in [2.45, 2.75) is 25.8 Å². The highest BCUT2D eigenvalue weighted by Crippen LogP contribution is 2.28. The molecule has 1 aromatic carbocycles. The van der Waals surface area contributed by atoms with Gasteiger partial charge in [0.25, 0.3) is 0 Å². The SMILES string of the molecule is Cc1c(Cl)cccc1[C@](C)(N)CCO. The molecular weight excluding hydrogens is 198 g/mol. The first kappa shape index (κ1) is 11.5. The predicted octanol–water partition coefficient (Wildman–Crippen LogP) is 2.20. The second-order valence-corrected chi connectivity index (χ2v) is 4.21. The largest absolute Gasteiger partial charge is 0.396 e. The average Bonchev–Trinajstić information content (AvgIpc) is 2.09. The van der Waals surface area contributed by atoms with Gasteiger partial charge in [0.2, 0.25) is 0 Å². The van der Waals surface area contributed by atoms with E-state index in [0.29, 0.717) is 6.42 Å². The molecule has 0 amide bonds. The molecule has 0 aliphatic heterocycles. The number of benzene rings is 1. The summed E-state index contributed by atoms with van der Waals surface area (Å²) in [5, 5.41) is 9.63. The van der Waals surface area contributed by atoms with Gasteiger partial charge in [-0.05, 0) is 37.5 Å². The van der Waals surface area contributed by atoms with Crippen molar-refractivity contribution in [1.29, 1.82) is 0 Å². The van der Waals surface area contributed by atoms with E-state index < -0.39 is 5.54 Å². The molecular formula is C11H16ClNO. The van der Waals surface area contributed by atoms with Gasteiger partial charge in [-0.15, -0.1) is 0 Å². The first-order valence-electron chi connectivity index (χ1n) is 4.64. The summed E-state index contributed by atoms with van der Waals surface area (Å²) < 4.78 is 0. The molecule has 3 heteroatoms. The number of hydrogen-bond acceptors (Lipinski definition) is 2. The standard InChI is InChI=1S/C11H16ClNO/c1-8-9(4-3-5-10(8)12)11(2,13)6-7-14/h3-5,14H,6-7,13H2,1-2H3/t11-/m1/s1. The van der Waals surface area contributed by atoms with Gasteiger partial charge >= 0.3 is 0 Å². The van der Waals surface area contributed by atoms with E-state index >= 15 is 0 Å². The van der Waals surface area contributed by atoms with Crippen molar-refractivity contribution in [3.63, 3.8) is 0 Å². The van der Waals surface area contributed by atoms with Crippen molar-refractivity contribution in [2.75, 3.05) is 6.61 Å². The Bertz CT molecular complexity index is 323. The smallest absolute Gasteiger partial charge is 0.0451 e. The molecule has 0 aliphatic carbocycles. The summed E-state index contributed by atoms with van der Waals surface area (Å²) in [5.41, 5.74) is 7.58. The van der Waals surface area contributed by atoms with Crippen LogP contribution in [0.25, 0.3) is 0 Å². The van der Waals surface area contributed by atoms with Crippen LogP contribution in [-0.2, 0) is 5.54 Å². The zero-order chi connectivity index (χ0) is 10.8. The third kappa shape index (κ3) is 2.27. The van der Waals surface area contributed by atoms with Gasteiger partial charge < -0.3 is 10.8 Å². The van der Waals surface area contributed by atoms with E-state index in [4.69, 9.17) is 22.4 Å². The first-order valence-corrected chi connectivity index (χ1v) is 5.02. The van der Waals surface area contributed by atoms with Crippen molar-refractivity contribution in [3.05, 3.63) is 34.3 Å². The highest BCUT2D eigenvalue weighted by molar-refractivity contribution is 6.31. The zero-order valence-corrected chi connectivity index (χ0v) is 9.30. The highest BCUT2D eigenvalue weighted by atomic mass is 35.5. The number of nitrogens with two attached hydrogens (primary N) is 1. The fourth-order valence-electron chi connectivity index (χ4n) is 1.59. The molecule has 2 nitrogen and oxygen atoms in total. The van der Waals surface area contributed by atoms with Crippen LogP contribution in [0.5, 0.6) is 0 Å². The van der Waals surface area contributed by atoms with Crippen molar-refractivity contribution >= 4 is 11.6 Å². The summed E-state index contributed by atoms with van der Waals surface area (Å²) >= 11 is 6.00. The van der Waals surface area contributed by atoms with Crippen molar-refractivity contribution in [1.82, 2.24) is 0 Å². The summed E-state index contributed by atoms with van der Waals surface area (Å²) in [7, 11) is 0. The highest BCUT2D eigenvalue weighted by Gasteiger charge is 2.22. The Balaban J connectivity index is 3.12. The summed E-state index contributed by atoms with van der Waals surface area (Å²) in [6.45, 7) is 3.93. The Labute approximate surface area is 89.7 Å². The molecule has 1 atom stereocenters. The van der Waals surface area contributed by atoms with E-state index in [0.717, 1.165) is 16.1 Å². The molecule has 0 fully saturated rings. The normalized spacial score (nSPS) is 15.2. The lowest BCUT2D eigenvalue weighted by atomic mass is 9.87. The molecule has 0 spiro atoms. The van der Waals surface area contributed by atoms with Crippen LogP contribution in [0.4, 0.5) is 0 Å². The van der Waals surface area contributed by atoms with Gasteiger partial charge in [0.05, 0.1) is 0 Å². The lowest BCUT2D eigenvalue weighted by Gasteiger charge is -2.26. The molecule has 0 saturated carbocycles. The van der Waals surface area contributed by atoms with Crippen molar-refractivity contribution in [2.24, 2.45) is 5.73 Å². The monoisotopic (exact) mass is 213 g/mol. The third-order valence-electron chi connectivity index (χ3n) is 2.51. The van der Waals surface area contributed by atoms with E-state index in [1.165, 1.54) is 0 Å². The lowest BCUT2D eigenvalue weighted by Crippen LogP contribution is -2.34. The number of rotatable bonds is 3. The van der Waals surface area contributed by atoms with Crippen LogP contribution >= 0.6 is 11.6 Å². The summed E-state index contributed by atoms with van der Waals surface area (Å²) in [4.78, 5) is 0. The molecule has 0 heterocycles. The minimum absolute atomic E-state index is 0.0823. The van der Waals surface area contributed by atoms with Crippen molar-refractivity contribution < 1.29 is 5.11 Å². The molecule has 0 bridgehead atoms. The molecule has 78 valence electrons. The Morgan fingerprint density at radius 2 is 2.14 bits per heavy atom. The van der Waals surface area contributed by atoms with Gasteiger partial charge in [0.15, 0.2) is 0 Å². The summed E-state index contributed by atoms with van der Waals surface area (Å²) in [5.74, 6) is 0. The minimum Gasteiger partial charge on any atom is -0.396 e. The molecule has 14 heavy (non-hydrogen) atoms. The van der Waals surface area contributed by atoms with Gasteiger partial charge in [-0.2, -0.15) is 0 Å². The van der Waals surface area contributed by atoms with E-state index in [1.54, 1.807) is 0 Å². The number of aliphatic hydroxyl groups is 1. The topological polar surface area (TPSA) is 46.2 Å². The molecule has 0 saturated heterocycles. The third-order valence-corrected chi connectivity index (χ3v) is 2.92. The average molecular weight is 214 g/mol. The first-order chi connectivity index (χ1) is 6.49. The number of aliphatic hydroxyl groups excluding tert-OH is 1. The Morgan fingerprint density at radius 1 is 1.50 bits per heavy atom. The molecule has 0 aromatic heterocycles. The zero-order valence-electron chi connectivity index (χ0n) is 8.55. The molecule has 0 unspecified atom stereocenters. The number of hydrogen-bond donors (Lipinski definition) is 2. The number of halogens is 1. The van der Waals surface area contributed by atoms with Crippen LogP contribution in [0.3, 0.4) is 0 Å². The van der Waals surface area contributed by atoms with Crippen LogP contribution in [0.15, 0.2) is 18.2 Å². The quantitative estimate of drug-likeness (QED) is 0.809. The maximum atomic E-state index is 8.91. The molecule has 0 radical (unpaired) electrons. The second kappa shape index (κ2) is 4.30. The van der Waals surface area contributed by atoms with Gasteiger partial charge in [-0.1, -0.05) is 23.7 Å². The van der Waals surface area contributed by atoms with E-state index in [2.05, 4.69) is 0 Å². The Morgan fingerprint density at radius 3 is 2.71 bits per heavy atom. The summed E-state index contributed by atoms with van der Waals surface area (Å²) in [6.07, 6.45) is 0.536. The van der Waals surface area contributed by atoms with E-state index in [-0.39, 0.29) is 6.61 Å². The Kier molecular flexibility index (Phi) is 3.53. The molecule has 0 aliphatic rings. The van der Waals surface area contributed by atoms with Crippen LogP contribution in [0.1, 0.15) is 24.5 Å². The van der Waals surface area contributed by atoms with Gasteiger partial charge in [-0.25, -0.2) is 0 Å². The van der Waals surface area contributed by atoms with Gasteiger partial charge in [0, 0.05) is 17.2 Å². The van der Waals surface area contributed by atoms with Crippen LogP contribution in [-0.4, -0.2) is 11.7 Å². The maximum absolute atomic E-state index is 8.91. The molecule has 3 N–H and O–H groups in total. The fourth-order valence-corrected chi connectivity index (χ4v) is 1.77. The van der Waals surface area contributed by atoms with Crippen LogP contribution in [0, 0.1) is 6.92 Å².